The first-order valence-corrected chi connectivity index (χ1v) is 3.30. The van der Waals surface area contributed by atoms with Gasteiger partial charge < -0.3 is 9.84 Å². The topological polar surface area (TPSA) is 85.2 Å². The lowest BCUT2D eigenvalue weighted by Gasteiger charge is -1.98. The molecule has 0 unspecified atom stereocenters. The third kappa shape index (κ3) is 1.88. The lowest BCUT2D eigenvalue weighted by atomic mass is 10.5. The molecule has 0 fully saturated rings. The van der Waals surface area contributed by atoms with Gasteiger partial charge in [0.15, 0.2) is 5.69 Å². The molecule has 0 aliphatic heterocycles. The van der Waals surface area contributed by atoms with E-state index in [4.69, 9.17) is 9.84 Å². The molecule has 0 aliphatic rings. The Kier molecular flexibility index (Phi) is 2.52. The van der Waals surface area contributed by atoms with E-state index in [1.165, 1.54) is 0 Å². The van der Waals surface area contributed by atoms with E-state index < -0.39 is 5.97 Å². The third-order valence-electron chi connectivity index (χ3n) is 1.03. The van der Waals surface area contributed by atoms with Crippen molar-refractivity contribution in [2.75, 3.05) is 6.61 Å². The fourth-order valence-corrected chi connectivity index (χ4v) is 0.580. The molecule has 0 spiro atoms. The van der Waals surface area contributed by atoms with E-state index in [-0.39, 0.29) is 11.7 Å². The minimum Gasteiger partial charge on any atom is -0.476 e. The van der Waals surface area contributed by atoms with Crippen molar-refractivity contribution in [3.8, 4) is 6.01 Å². The monoisotopic (exact) mass is 169 g/mol. The highest BCUT2D eigenvalue weighted by atomic mass is 16.5. The Morgan fingerprint density at radius 1 is 1.75 bits per heavy atom. The van der Waals surface area contributed by atoms with Crippen LogP contribution in [0.5, 0.6) is 6.01 Å². The fraction of sp³-hybridized carbons (Fsp3) is 0.333. The quantitative estimate of drug-likeness (QED) is 0.683. The number of aromatic carboxylic acids is 1. The highest BCUT2D eigenvalue weighted by Crippen LogP contribution is 1.99. The molecule has 1 N–H and O–H groups in total. The predicted octanol–water partition coefficient (Wildman–Crippen LogP) is -0.0315. The summed E-state index contributed by atoms with van der Waals surface area (Å²) in [4.78, 5) is 13.9. The van der Waals surface area contributed by atoms with Crippen molar-refractivity contribution in [1.29, 1.82) is 0 Å². The van der Waals surface area contributed by atoms with Gasteiger partial charge in [0.05, 0.1) is 12.8 Å². The van der Waals surface area contributed by atoms with Gasteiger partial charge in [-0.05, 0) is 6.92 Å². The average Bonchev–Trinajstić information content (AvgIpc) is 2.05. The Morgan fingerprint density at radius 3 is 3.08 bits per heavy atom. The summed E-state index contributed by atoms with van der Waals surface area (Å²) < 4.78 is 4.85. The molecule has 0 radical (unpaired) electrons. The number of hydrogen-bond acceptors (Lipinski definition) is 5. The molecule has 0 aromatic carbocycles. The van der Waals surface area contributed by atoms with Crippen LogP contribution in [-0.4, -0.2) is 32.9 Å². The van der Waals surface area contributed by atoms with Crippen LogP contribution in [0.1, 0.15) is 17.4 Å². The van der Waals surface area contributed by atoms with Gasteiger partial charge in [0.25, 0.3) is 0 Å². The molecule has 0 saturated carbocycles. The molecular weight excluding hydrogens is 162 g/mol. The zero-order valence-corrected chi connectivity index (χ0v) is 6.39. The molecule has 1 aromatic heterocycles. The maximum absolute atomic E-state index is 10.4. The van der Waals surface area contributed by atoms with Gasteiger partial charge in [0, 0.05) is 0 Å². The van der Waals surface area contributed by atoms with Crippen LogP contribution in [0, 0.1) is 0 Å². The first-order valence-electron chi connectivity index (χ1n) is 3.30. The highest BCUT2D eigenvalue weighted by molar-refractivity contribution is 5.84. The normalized spacial score (nSPS) is 9.42. The molecule has 0 atom stereocenters. The van der Waals surface area contributed by atoms with Crippen molar-refractivity contribution in [3.63, 3.8) is 0 Å². The largest absolute Gasteiger partial charge is 0.476 e. The van der Waals surface area contributed by atoms with Crippen LogP contribution < -0.4 is 4.74 Å². The average molecular weight is 169 g/mol. The molecular formula is C6H7N3O3. The Bertz CT molecular complexity index is 289. The van der Waals surface area contributed by atoms with E-state index in [0.717, 1.165) is 6.20 Å². The Labute approximate surface area is 68.2 Å². The number of ether oxygens (including phenoxy) is 1. The third-order valence-corrected chi connectivity index (χ3v) is 1.03. The summed E-state index contributed by atoms with van der Waals surface area (Å²) in [5.74, 6) is -1.15. The molecule has 0 saturated heterocycles. The molecule has 1 heterocycles. The Hall–Kier alpha value is -1.72. The number of rotatable bonds is 3. The van der Waals surface area contributed by atoms with Crippen LogP contribution in [0.2, 0.25) is 0 Å². The van der Waals surface area contributed by atoms with Gasteiger partial charge in [0.1, 0.15) is 0 Å². The Morgan fingerprint density at radius 2 is 2.50 bits per heavy atom. The van der Waals surface area contributed by atoms with Crippen molar-refractivity contribution < 1.29 is 14.6 Å². The molecule has 0 bridgehead atoms. The number of hydrogen-bond donors (Lipinski definition) is 1. The zero-order valence-electron chi connectivity index (χ0n) is 6.39. The van der Waals surface area contributed by atoms with Crippen LogP contribution in [0.4, 0.5) is 0 Å². The van der Waals surface area contributed by atoms with E-state index in [1.807, 2.05) is 0 Å². The van der Waals surface area contributed by atoms with Crippen LogP contribution in [-0.2, 0) is 0 Å². The summed E-state index contributed by atoms with van der Waals surface area (Å²) in [5, 5.41) is 15.4. The lowest BCUT2D eigenvalue weighted by molar-refractivity contribution is 0.0687. The number of carboxylic acid groups (broad SMARTS) is 1. The molecule has 12 heavy (non-hydrogen) atoms. The van der Waals surface area contributed by atoms with Gasteiger partial charge in [-0.1, -0.05) is 5.10 Å². The van der Waals surface area contributed by atoms with Crippen molar-refractivity contribution >= 4 is 5.97 Å². The lowest BCUT2D eigenvalue weighted by Crippen LogP contribution is -2.06. The van der Waals surface area contributed by atoms with Gasteiger partial charge in [0.2, 0.25) is 0 Å². The minimum atomic E-state index is -1.15. The van der Waals surface area contributed by atoms with Gasteiger partial charge in [-0.3, -0.25) is 0 Å². The van der Waals surface area contributed by atoms with E-state index in [9.17, 15) is 4.79 Å². The number of carboxylic acids is 1. The van der Waals surface area contributed by atoms with E-state index in [1.54, 1.807) is 6.92 Å². The van der Waals surface area contributed by atoms with Gasteiger partial charge in [-0.15, -0.1) is 0 Å². The van der Waals surface area contributed by atoms with Crippen LogP contribution in [0.25, 0.3) is 0 Å². The summed E-state index contributed by atoms with van der Waals surface area (Å²) in [6, 6.07) is -0.0163. The Balaban J connectivity index is 2.88. The van der Waals surface area contributed by atoms with Gasteiger partial charge in [-0.25, -0.2) is 4.79 Å². The minimum absolute atomic E-state index is 0.0163. The van der Waals surface area contributed by atoms with E-state index in [2.05, 4.69) is 15.2 Å². The van der Waals surface area contributed by atoms with Crippen molar-refractivity contribution in [3.05, 3.63) is 11.9 Å². The second kappa shape index (κ2) is 3.61. The van der Waals surface area contributed by atoms with E-state index in [0.29, 0.717) is 6.61 Å². The summed E-state index contributed by atoms with van der Waals surface area (Å²) in [7, 11) is 0. The standard InChI is InChI=1S/C6H7N3O3/c1-2-12-6-8-4(5(10)11)3-7-9-6/h3H,2H2,1H3,(H,10,11). The van der Waals surface area contributed by atoms with E-state index >= 15 is 0 Å². The maximum Gasteiger partial charge on any atom is 0.356 e. The van der Waals surface area contributed by atoms with Crippen LogP contribution in [0.15, 0.2) is 6.20 Å². The molecule has 1 aromatic rings. The fourth-order valence-electron chi connectivity index (χ4n) is 0.580. The number of carbonyl (C=O) groups is 1. The second-order valence-corrected chi connectivity index (χ2v) is 1.86. The summed E-state index contributed by atoms with van der Waals surface area (Å²) >= 11 is 0. The zero-order chi connectivity index (χ0) is 8.97. The van der Waals surface area contributed by atoms with Crippen LogP contribution in [0.3, 0.4) is 0 Å². The molecule has 0 amide bonds. The van der Waals surface area contributed by atoms with Crippen molar-refractivity contribution in [1.82, 2.24) is 15.2 Å². The molecule has 1 rings (SSSR count). The summed E-state index contributed by atoms with van der Waals surface area (Å²) in [6.45, 7) is 2.13. The van der Waals surface area contributed by atoms with Crippen molar-refractivity contribution in [2.24, 2.45) is 0 Å². The molecule has 0 aliphatic carbocycles. The number of nitrogens with zero attached hydrogens (tertiary/aromatic N) is 3. The van der Waals surface area contributed by atoms with Crippen molar-refractivity contribution in [2.45, 2.75) is 6.92 Å². The van der Waals surface area contributed by atoms with Gasteiger partial charge >= 0.3 is 12.0 Å². The smallest absolute Gasteiger partial charge is 0.356 e. The maximum atomic E-state index is 10.4. The SMILES string of the molecule is CCOc1nncc(C(=O)O)n1. The second-order valence-electron chi connectivity index (χ2n) is 1.86. The predicted molar refractivity (Wildman–Crippen MR) is 38.0 cm³/mol. The first kappa shape index (κ1) is 8.38. The molecule has 64 valence electrons. The molecule has 6 nitrogen and oxygen atoms in total. The van der Waals surface area contributed by atoms with Crippen LogP contribution >= 0.6 is 0 Å². The first-order chi connectivity index (χ1) is 5.74. The van der Waals surface area contributed by atoms with Gasteiger partial charge in [-0.2, -0.15) is 10.1 Å². The number of aromatic nitrogens is 3. The molecule has 6 heteroatoms. The highest BCUT2D eigenvalue weighted by Gasteiger charge is 2.06. The summed E-state index contributed by atoms with van der Waals surface area (Å²) in [6.07, 6.45) is 1.06. The summed E-state index contributed by atoms with van der Waals surface area (Å²) in [5.41, 5.74) is -0.173.